The van der Waals surface area contributed by atoms with Crippen molar-refractivity contribution in [3.05, 3.63) is 35.9 Å². The summed E-state index contributed by atoms with van der Waals surface area (Å²) in [7, 11) is -0.942. The maximum absolute atomic E-state index is 6.03. The number of rotatable bonds is 12. The zero-order valence-corrected chi connectivity index (χ0v) is 14.6. The largest absolute Gasteiger partial charge is 0.416 e. The highest BCUT2D eigenvalue weighted by Gasteiger charge is 2.04. The zero-order chi connectivity index (χ0) is 14.5. The molecule has 20 heavy (non-hydrogen) atoms. The first-order valence-corrected chi connectivity index (χ1v) is 10.9. The summed E-state index contributed by atoms with van der Waals surface area (Å²) in [5.41, 5.74) is 1.31. The fourth-order valence-electron chi connectivity index (χ4n) is 2.46. The Labute approximate surface area is 127 Å². The average Bonchev–Trinajstić information content (AvgIpc) is 2.49. The van der Waals surface area contributed by atoms with Crippen LogP contribution in [0.4, 0.5) is 0 Å². The van der Waals surface area contributed by atoms with E-state index in [1.165, 1.54) is 63.0 Å². The van der Waals surface area contributed by atoms with Crippen LogP contribution in [0.1, 0.15) is 63.9 Å². The van der Waals surface area contributed by atoms with Crippen LogP contribution >= 0.6 is 0 Å². The Morgan fingerprint density at radius 3 is 2.10 bits per heavy atom. The van der Waals surface area contributed by atoms with Crippen molar-refractivity contribution in [2.45, 2.75) is 77.5 Å². The molecule has 0 radical (unpaired) electrons. The van der Waals surface area contributed by atoms with Gasteiger partial charge in [0.1, 0.15) is 0 Å². The van der Waals surface area contributed by atoms with Gasteiger partial charge in [-0.05, 0) is 18.2 Å². The van der Waals surface area contributed by atoms with Crippen molar-refractivity contribution in [2.24, 2.45) is 0 Å². The highest BCUT2D eigenvalue weighted by Crippen LogP contribution is 2.12. The van der Waals surface area contributed by atoms with Gasteiger partial charge in [0, 0.05) is 0 Å². The monoisotopic (exact) mass is 292 g/mol. The van der Waals surface area contributed by atoms with Crippen LogP contribution in [0.25, 0.3) is 0 Å². The van der Waals surface area contributed by atoms with E-state index < -0.39 is 9.04 Å². The lowest BCUT2D eigenvalue weighted by Crippen LogP contribution is -2.12. The molecule has 0 amide bonds. The van der Waals surface area contributed by atoms with Gasteiger partial charge in [-0.15, -0.1) is 0 Å². The van der Waals surface area contributed by atoms with Crippen LogP contribution in [-0.4, -0.2) is 9.04 Å². The topological polar surface area (TPSA) is 9.23 Å². The van der Waals surface area contributed by atoms with Gasteiger partial charge in [-0.3, -0.25) is 0 Å². The summed E-state index contributed by atoms with van der Waals surface area (Å²) < 4.78 is 6.03. The molecule has 1 unspecified atom stereocenters. The van der Waals surface area contributed by atoms with Crippen molar-refractivity contribution in [1.29, 1.82) is 0 Å². The van der Waals surface area contributed by atoms with E-state index >= 15 is 0 Å². The van der Waals surface area contributed by atoms with Gasteiger partial charge in [0.15, 0.2) is 9.04 Å². The summed E-state index contributed by atoms with van der Waals surface area (Å²) in [6.07, 6.45) is 11.3. The maximum atomic E-state index is 6.03. The summed E-state index contributed by atoms with van der Waals surface area (Å²) in [5.74, 6) is 0. The fraction of sp³-hybridized carbons (Fsp3) is 0.667. The minimum atomic E-state index is -0.942. The zero-order valence-electron chi connectivity index (χ0n) is 13.4. The van der Waals surface area contributed by atoms with Gasteiger partial charge >= 0.3 is 0 Å². The lowest BCUT2D eigenvalue weighted by Gasteiger charge is -2.11. The van der Waals surface area contributed by atoms with E-state index in [1.54, 1.807) is 0 Å². The first-order chi connectivity index (χ1) is 9.83. The molecule has 114 valence electrons. The van der Waals surface area contributed by atoms with Crippen LogP contribution in [-0.2, 0) is 11.0 Å². The van der Waals surface area contributed by atoms with Gasteiger partial charge in [-0.1, -0.05) is 88.6 Å². The molecule has 0 saturated heterocycles. The second kappa shape index (κ2) is 12.2. The standard InChI is InChI=1S/C18H32OSi/c1-3-4-5-6-7-8-9-13-16-20(2)19-17-18-14-11-10-12-15-18/h10-12,14-15,20H,3-9,13,16-17H2,1-2H3. The van der Waals surface area contributed by atoms with Gasteiger partial charge in [0.2, 0.25) is 0 Å². The van der Waals surface area contributed by atoms with Crippen molar-refractivity contribution in [3.8, 4) is 0 Å². The Morgan fingerprint density at radius 1 is 0.850 bits per heavy atom. The quantitative estimate of drug-likeness (QED) is 0.355. The first-order valence-electron chi connectivity index (χ1n) is 8.48. The molecule has 2 heteroatoms. The van der Waals surface area contributed by atoms with Gasteiger partial charge in [0.05, 0.1) is 6.61 Å². The average molecular weight is 293 g/mol. The normalized spacial score (nSPS) is 12.5. The van der Waals surface area contributed by atoms with Crippen LogP contribution < -0.4 is 0 Å². The minimum absolute atomic E-state index is 0.811. The Morgan fingerprint density at radius 2 is 1.45 bits per heavy atom. The molecule has 1 aromatic carbocycles. The molecule has 0 aromatic heterocycles. The second-order valence-electron chi connectivity index (χ2n) is 5.87. The van der Waals surface area contributed by atoms with Gasteiger partial charge in [0.25, 0.3) is 0 Å². The summed E-state index contributed by atoms with van der Waals surface area (Å²) in [6, 6.07) is 11.9. The van der Waals surface area contributed by atoms with E-state index in [0.717, 1.165) is 6.61 Å². The van der Waals surface area contributed by atoms with Crippen molar-refractivity contribution < 1.29 is 4.43 Å². The molecular weight excluding hydrogens is 260 g/mol. The molecule has 1 rings (SSSR count). The van der Waals surface area contributed by atoms with Gasteiger partial charge in [-0.25, -0.2) is 0 Å². The van der Waals surface area contributed by atoms with Gasteiger partial charge < -0.3 is 4.43 Å². The van der Waals surface area contributed by atoms with Crippen molar-refractivity contribution in [3.63, 3.8) is 0 Å². The van der Waals surface area contributed by atoms with E-state index in [4.69, 9.17) is 4.43 Å². The van der Waals surface area contributed by atoms with E-state index in [0.29, 0.717) is 0 Å². The third kappa shape index (κ3) is 9.32. The second-order valence-corrected chi connectivity index (χ2v) is 8.40. The molecule has 1 atom stereocenters. The molecule has 0 bridgehead atoms. The summed E-state index contributed by atoms with van der Waals surface area (Å²) in [5, 5.41) is 0. The molecule has 0 heterocycles. The van der Waals surface area contributed by atoms with E-state index in [2.05, 4.69) is 43.8 Å². The molecule has 0 N–H and O–H groups in total. The van der Waals surface area contributed by atoms with Gasteiger partial charge in [-0.2, -0.15) is 0 Å². The molecule has 0 spiro atoms. The van der Waals surface area contributed by atoms with Crippen molar-refractivity contribution in [2.75, 3.05) is 0 Å². The lowest BCUT2D eigenvalue weighted by molar-refractivity contribution is 0.309. The molecule has 0 aliphatic carbocycles. The third-order valence-electron chi connectivity index (χ3n) is 3.84. The van der Waals surface area contributed by atoms with Crippen LogP contribution in [0.3, 0.4) is 0 Å². The summed E-state index contributed by atoms with van der Waals surface area (Å²) in [4.78, 5) is 0. The number of unbranched alkanes of at least 4 members (excludes halogenated alkanes) is 7. The number of hydrogen-bond donors (Lipinski definition) is 0. The summed E-state index contributed by atoms with van der Waals surface area (Å²) in [6.45, 7) is 5.43. The highest BCUT2D eigenvalue weighted by molar-refractivity contribution is 6.50. The maximum Gasteiger partial charge on any atom is 0.174 e. The van der Waals surface area contributed by atoms with Crippen LogP contribution in [0.15, 0.2) is 30.3 Å². The number of benzene rings is 1. The predicted octanol–water partition coefficient (Wildman–Crippen LogP) is 5.70. The van der Waals surface area contributed by atoms with E-state index in [1.807, 2.05) is 0 Å². The predicted molar refractivity (Wildman–Crippen MR) is 91.7 cm³/mol. The molecule has 1 aromatic rings. The molecule has 0 aliphatic rings. The van der Waals surface area contributed by atoms with Crippen LogP contribution in [0, 0.1) is 0 Å². The summed E-state index contributed by atoms with van der Waals surface area (Å²) >= 11 is 0. The molecule has 1 nitrogen and oxygen atoms in total. The fourth-order valence-corrected chi connectivity index (χ4v) is 3.97. The first kappa shape index (κ1) is 17.4. The smallest absolute Gasteiger partial charge is 0.174 e. The SMILES string of the molecule is CCCCCCCCCC[SiH](C)OCc1ccccc1. The molecule has 0 aliphatic heterocycles. The highest BCUT2D eigenvalue weighted by atomic mass is 28.3. The van der Waals surface area contributed by atoms with Crippen LogP contribution in [0.5, 0.6) is 0 Å². The Bertz CT molecular complexity index is 312. The molecule has 0 saturated carbocycles. The Kier molecular flexibility index (Phi) is 10.6. The van der Waals surface area contributed by atoms with Crippen molar-refractivity contribution >= 4 is 9.04 Å². The number of hydrogen-bond acceptors (Lipinski definition) is 1. The minimum Gasteiger partial charge on any atom is -0.416 e. The Hall–Kier alpha value is -0.603. The molecular formula is C18H32OSi. The van der Waals surface area contributed by atoms with E-state index in [-0.39, 0.29) is 0 Å². The van der Waals surface area contributed by atoms with E-state index in [9.17, 15) is 0 Å². The molecule has 0 fully saturated rings. The lowest BCUT2D eigenvalue weighted by atomic mass is 10.1. The third-order valence-corrected chi connectivity index (χ3v) is 5.80. The van der Waals surface area contributed by atoms with Crippen molar-refractivity contribution in [1.82, 2.24) is 0 Å². The van der Waals surface area contributed by atoms with Crippen LogP contribution in [0.2, 0.25) is 12.6 Å². The Balaban J connectivity index is 1.91.